The highest BCUT2D eigenvalue weighted by atomic mass is 16.3. The fourth-order valence-electron chi connectivity index (χ4n) is 5.45. The van der Waals surface area contributed by atoms with Crippen LogP contribution in [-0.4, -0.2) is 131 Å². The number of fused-ring (bicyclic) bond motifs is 1. The molecule has 0 radical (unpaired) electrons. The van der Waals surface area contributed by atoms with Gasteiger partial charge in [-0.3, -0.25) is 33.6 Å². The summed E-state index contributed by atoms with van der Waals surface area (Å²) in [6.07, 6.45) is 3.83. The molecule has 2 heterocycles. The quantitative estimate of drug-likeness (QED) is 0.0426. The van der Waals surface area contributed by atoms with Crippen LogP contribution in [0.3, 0.4) is 0 Å². The zero-order chi connectivity index (χ0) is 41.2. The number of aliphatic hydroxyl groups excluding tert-OH is 1. The van der Waals surface area contributed by atoms with Gasteiger partial charge in [0.2, 0.25) is 41.4 Å². The lowest BCUT2D eigenvalue weighted by Gasteiger charge is -2.25. The molecule has 3 rings (SSSR count). The van der Waals surface area contributed by atoms with Crippen molar-refractivity contribution in [2.75, 3.05) is 33.2 Å². The second-order valence-corrected chi connectivity index (χ2v) is 13.4. The van der Waals surface area contributed by atoms with Gasteiger partial charge in [0.25, 0.3) is 0 Å². The molecule has 0 aliphatic carbocycles. The lowest BCUT2D eigenvalue weighted by Crippen LogP contribution is -2.58. The monoisotopic (exact) mass is 781 g/mol. The van der Waals surface area contributed by atoms with Gasteiger partial charge in [0.1, 0.15) is 30.5 Å². The Labute approximate surface area is 322 Å². The summed E-state index contributed by atoms with van der Waals surface area (Å²) in [5, 5.41) is 31.0. The van der Waals surface area contributed by atoms with Crippen LogP contribution < -0.4 is 42.5 Å². The number of para-hydroxylation sites is 1. The Morgan fingerprint density at radius 1 is 0.768 bits per heavy atom. The molecule has 0 spiro atoms. The van der Waals surface area contributed by atoms with Gasteiger partial charge in [0.05, 0.1) is 32.1 Å². The van der Waals surface area contributed by atoms with E-state index in [9.17, 15) is 43.5 Å². The molecule has 0 saturated heterocycles. The Bertz CT molecular complexity index is 1810. The average Bonchev–Trinajstić information content (AvgIpc) is 3.83. The van der Waals surface area contributed by atoms with Crippen LogP contribution in [-0.2, 0) is 51.2 Å². The summed E-state index contributed by atoms with van der Waals surface area (Å²) in [5.41, 5.74) is 2.06. The number of imidazole rings is 1. The topological polar surface area (TPSA) is 298 Å². The van der Waals surface area contributed by atoms with E-state index in [0.29, 0.717) is 12.0 Å². The van der Waals surface area contributed by atoms with Crippen LogP contribution in [0.5, 0.6) is 0 Å². The summed E-state index contributed by atoms with van der Waals surface area (Å²) in [6, 6.07) is 2.79. The number of carbonyl (C=O) groups is 8. The summed E-state index contributed by atoms with van der Waals surface area (Å²) < 4.78 is 0. The number of nitrogens with zero attached hydrogens (tertiary/aromatic N) is 1. The van der Waals surface area contributed by atoms with Gasteiger partial charge in [-0.15, -0.1) is 0 Å². The molecule has 0 bridgehead atoms. The maximum absolute atomic E-state index is 13.6. The number of hydrogen-bond donors (Lipinski definition) is 11. The SMILES string of the molecule is CNCC(=O)NCC(=O)NC(Cc1c[nH]c2ccccc12)C(=O)NC(C)C(=O)NC(C(=O)NCC(=O)NC(Cc1cnc[nH]1)C(=O)NCC(O)CC=O)C(C)C. The van der Waals surface area contributed by atoms with Crippen LogP contribution in [0.4, 0.5) is 0 Å². The molecule has 304 valence electrons. The Hall–Kier alpha value is -6.15. The van der Waals surface area contributed by atoms with E-state index in [0.717, 1.165) is 16.5 Å². The van der Waals surface area contributed by atoms with Crippen LogP contribution >= 0.6 is 0 Å². The van der Waals surface area contributed by atoms with Crippen molar-refractivity contribution >= 4 is 58.5 Å². The van der Waals surface area contributed by atoms with Gasteiger partial charge in [0, 0.05) is 54.8 Å². The molecule has 5 atom stereocenters. The number of rotatable bonds is 23. The highest BCUT2D eigenvalue weighted by molar-refractivity contribution is 5.96. The number of hydrogen-bond acceptors (Lipinski definition) is 11. The molecule has 3 aromatic rings. The van der Waals surface area contributed by atoms with Gasteiger partial charge in [-0.25, -0.2) is 4.98 Å². The second kappa shape index (κ2) is 22.3. The number of H-pyrrole nitrogens is 2. The van der Waals surface area contributed by atoms with Gasteiger partial charge < -0.3 is 62.4 Å². The summed E-state index contributed by atoms with van der Waals surface area (Å²) in [5.74, 6) is -5.01. The van der Waals surface area contributed by atoms with Crippen LogP contribution in [0.1, 0.15) is 38.4 Å². The third-order valence-corrected chi connectivity index (χ3v) is 8.47. The summed E-state index contributed by atoms with van der Waals surface area (Å²) >= 11 is 0. The highest BCUT2D eigenvalue weighted by Crippen LogP contribution is 2.19. The number of aliphatic hydroxyl groups is 1. The van der Waals surface area contributed by atoms with E-state index in [1.54, 1.807) is 27.1 Å². The fourth-order valence-corrected chi connectivity index (χ4v) is 5.45. The Morgan fingerprint density at radius 2 is 1.45 bits per heavy atom. The zero-order valence-electron chi connectivity index (χ0n) is 31.7. The first-order valence-corrected chi connectivity index (χ1v) is 18.0. The fraction of sp³-hybridized carbons (Fsp3) is 0.472. The predicted molar refractivity (Wildman–Crippen MR) is 202 cm³/mol. The molecule has 56 heavy (non-hydrogen) atoms. The largest absolute Gasteiger partial charge is 0.391 e. The molecule has 20 heteroatoms. The maximum Gasteiger partial charge on any atom is 0.243 e. The molecule has 2 aromatic heterocycles. The Balaban J connectivity index is 1.62. The number of aromatic nitrogens is 3. The molecular weight excluding hydrogens is 730 g/mol. The normalized spacial score (nSPS) is 13.7. The van der Waals surface area contributed by atoms with Crippen molar-refractivity contribution < 1.29 is 43.5 Å². The molecule has 11 N–H and O–H groups in total. The number of aromatic amines is 2. The minimum absolute atomic E-state index is 0.00311. The second-order valence-electron chi connectivity index (χ2n) is 13.4. The van der Waals surface area contributed by atoms with Crippen molar-refractivity contribution in [2.45, 2.75) is 70.3 Å². The van der Waals surface area contributed by atoms with Crippen LogP contribution in [0.15, 0.2) is 43.0 Å². The van der Waals surface area contributed by atoms with Gasteiger partial charge >= 0.3 is 0 Å². The van der Waals surface area contributed by atoms with Gasteiger partial charge in [-0.1, -0.05) is 32.0 Å². The zero-order valence-corrected chi connectivity index (χ0v) is 31.7. The molecule has 5 unspecified atom stereocenters. The first kappa shape index (κ1) is 44.2. The lowest BCUT2D eigenvalue weighted by molar-refractivity contribution is -0.134. The van der Waals surface area contributed by atoms with Gasteiger partial charge in [-0.05, 0) is 31.5 Å². The number of amides is 7. The number of aldehydes is 1. The molecule has 0 fully saturated rings. The van der Waals surface area contributed by atoms with E-state index in [-0.39, 0.29) is 38.9 Å². The third-order valence-electron chi connectivity index (χ3n) is 8.47. The number of carbonyl (C=O) groups excluding carboxylic acids is 8. The van der Waals surface area contributed by atoms with Crippen molar-refractivity contribution in [1.82, 2.24) is 57.5 Å². The van der Waals surface area contributed by atoms with Crippen molar-refractivity contribution in [3.05, 3.63) is 54.2 Å². The summed E-state index contributed by atoms with van der Waals surface area (Å²) in [4.78, 5) is 111. The van der Waals surface area contributed by atoms with Crippen molar-refractivity contribution in [3.8, 4) is 0 Å². The van der Waals surface area contributed by atoms with Crippen molar-refractivity contribution in [1.29, 1.82) is 0 Å². The average molecular weight is 782 g/mol. The van der Waals surface area contributed by atoms with E-state index < -0.39 is 84.1 Å². The Kier molecular flexibility index (Phi) is 17.6. The minimum Gasteiger partial charge on any atom is -0.391 e. The summed E-state index contributed by atoms with van der Waals surface area (Å²) in [7, 11) is 1.58. The molecule has 1 aromatic carbocycles. The molecule has 0 saturated carbocycles. The third kappa shape index (κ3) is 14.3. The predicted octanol–water partition coefficient (Wildman–Crippen LogP) is -3.19. The van der Waals surface area contributed by atoms with Crippen LogP contribution in [0, 0.1) is 5.92 Å². The lowest BCUT2D eigenvalue weighted by atomic mass is 10.0. The van der Waals surface area contributed by atoms with Gasteiger partial charge in [-0.2, -0.15) is 0 Å². The van der Waals surface area contributed by atoms with Gasteiger partial charge in [0.15, 0.2) is 0 Å². The van der Waals surface area contributed by atoms with Crippen LogP contribution in [0.25, 0.3) is 10.9 Å². The molecule has 20 nitrogen and oxygen atoms in total. The Morgan fingerprint density at radius 3 is 2.09 bits per heavy atom. The molecular formula is C36H51N11O9. The molecule has 0 aliphatic rings. The van der Waals surface area contributed by atoms with E-state index in [4.69, 9.17) is 0 Å². The standard InChI is InChI=1S/C36H51N11O9/c1-20(2)32(36(56)42-18-31(52)46-28(12-23-14-38-19-43-23)34(54)41-15-24(49)9-10-48)47-33(53)21(3)44-35(55)27(45-30(51)17-40-29(50)16-37-4)11-22-13-39-26-8-6-5-7-25(22)26/h5-8,10,13-14,19-21,24,27-28,32,37,39,49H,9,11-12,15-18H2,1-4H3,(H,38,43)(H,40,50)(H,41,54)(H,42,56)(H,44,55)(H,45,51)(H,46,52)(H,47,53). The number of benzene rings is 1. The van der Waals surface area contributed by atoms with Crippen molar-refractivity contribution in [3.63, 3.8) is 0 Å². The highest BCUT2D eigenvalue weighted by Gasteiger charge is 2.30. The van der Waals surface area contributed by atoms with E-state index in [1.165, 1.54) is 19.4 Å². The van der Waals surface area contributed by atoms with Crippen LogP contribution in [0.2, 0.25) is 0 Å². The van der Waals surface area contributed by atoms with E-state index in [2.05, 4.69) is 57.5 Å². The smallest absolute Gasteiger partial charge is 0.243 e. The van der Waals surface area contributed by atoms with E-state index >= 15 is 0 Å². The number of nitrogens with one attached hydrogen (secondary N) is 10. The van der Waals surface area contributed by atoms with E-state index in [1.807, 2.05) is 24.3 Å². The maximum atomic E-state index is 13.6. The minimum atomic E-state index is -1.18. The first-order valence-electron chi connectivity index (χ1n) is 18.0. The summed E-state index contributed by atoms with van der Waals surface area (Å²) in [6.45, 7) is 3.55. The van der Waals surface area contributed by atoms with Crippen molar-refractivity contribution in [2.24, 2.45) is 5.92 Å². The molecule has 7 amide bonds. The first-order chi connectivity index (χ1) is 26.7. The molecule has 0 aliphatic heterocycles. The number of likely N-dealkylation sites (N-methyl/N-ethyl adjacent to an activating group) is 1.